The fourth-order valence-electron chi connectivity index (χ4n) is 4.52. The van der Waals surface area contributed by atoms with Crippen molar-refractivity contribution in [2.75, 3.05) is 19.3 Å². The Hall–Kier alpha value is -1.94. The first-order valence-electron chi connectivity index (χ1n) is 9.28. The first-order chi connectivity index (χ1) is 12.8. The maximum atomic E-state index is 13.0. The molecule has 1 aromatic rings. The second kappa shape index (κ2) is 7.59. The molecular weight excluding hydrogens is 370 g/mol. The lowest BCUT2D eigenvalue weighted by Crippen LogP contribution is -2.51. The Bertz CT molecular complexity index is 794. The summed E-state index contributed by atoms with van der Waals surface area (Å²) in [5.74, 6) is -0.286. The zero-order valence-electron chi connectivity index (χ0n) is 15.7. The van der Waals surface area contributed by atoms with E-state index in [2.05, 4.69) is 15.1 Å². The molecule has 150 valence electrons. The van der Waals surface area contributed by atoms with E-state index in [4.69, 9.17) is 0 Å². The Kier molecular flexibility index (Phi) is 5.57. The number of amides is 2. The highest BCUT2D eigenvalue weighted by Crippen LogP contribution is 2.51. The molecule has 0 radical (unpaired) electrons. The lowest BCUT2D eigenvalue weighted by Gasteiger charge is -2.35. The van der Waals surface area contributed by atoms with Crippen molar-refractivity contribution >= 4 is 21.8 Å². The lowest BCUT2D eigenvalue weighted by molar-refractivity contribution is -0.136. The van der Waals surface area contributed by atoms with Gasteiger partial charge in [-0.05, 0) is 31.7 Å². The van der Waals surface area contributed by atoms with Crippen molar-refractivity contribution in [3.05, 3.63) is 18.5 Å². The van der Waals surface area contributed by atoms with Crippen molar-refractivity contribution in [3.8, 4) is 0 Å². The number of carbonyl (C=O) groups is 2. The molecule has 0 spiro atoms. The van der Waals surface area contributed by atoms with Gasteiger partial charge in [0.2, 0.25) is 21.8 Å². The number of carbonyl (C=O) groups excluding carboxylic acids is 2. The van der Waals surface area contributed by atoms with Crippen LogP contribution in [-0.2, 0) is 26.2 Å². The summed E-state index contributed by atoms with van der Waals surface area (Å²) in [4.78, 5) is 27.4. The van der Waals surface area contributed by atoms with Crippen molar-refractivity contribution in [1.82, 2.24) is 24.7 Å². The Balaban J connectivity index is 1.65. The predicted molar refractivity (Wildman–Crippen MR) is 99.1 cm³/mol. The molecular formula is C17H27N5O4S. The first-order valence-corrected chi connectivity index (χ1v) is 11.2. The lowest BCUT2D eigenvalue weighted by atomic mass is 9.71. The van der Waals surface area contributed by atoms with Crippen LogP contribution in [0.25, 0.3) is 0 Å². The highest BCUT2D eigenvalue weighted by molar-refractivity contribution is 7.88. The van der Waals surface area contributed by atoms with Gasteiger partial charge in [0.1, 0.15) is 0 Å². The molecule has 2 bridgehead atoms. The van der Waals surface area contributed by atoms with Crippen LogP contribution in [0.3, 0.4) is 0 Å². The summed E-state index contributed by atoms with van der Waals surface area (Å²) in [6, 6.07) is 1.66. The molecule has 0 unspecified atom stereocenters. The summed E-state index contributed by atoms with van der Waals surface area (Å²) in [6.07, 6.45) is 7.47. The van der Waals surface area contributed by atoms with Gasteiger partial charge in [-0.15, -0.1) is 0 Å². The maximum Gasteiger partial charge on any atom is 0.238 e. The Morgan fingerprint density at radius 2 is 2.11 bits per heavy atom. The average Bonchev–Trinajstić information content (AvgIpc) is 3.34. The van der Waals surface area contributed by atoms with E-state index in [9.17, 15) is 18.0 Å². The summed E-state index contributed by atoms with van der Waals surface area (Å²) >= 11 is 0. The van der Waals surface area contributed by atoms with Crippen molar-refractivity contribution in [3.63, 3.8) is 0 Å². The molecule has 9 nitrogen and oxygen atoms in total. The largest absolute Gasteiger partial charge is 0.354 e. The van der Waals surface area contributed by atoms with Crippen molar-refractivity contribution in [2.24, 2.45) is 5.41 Å². The van der Waals surface area contributed by atoms with Gasteiger partial charge in [0.15, 0.2) is 0 Å². The van der Waals surface area contributed by atoms with Crippen molar-refractivity contribution in [2.45, 2.75) is 51.2 Å². The Morgan fingerprint density at radius 1 is 1.33 bits per heavy atom. The second-order valence-electron chi connectivity index (χ2n) is 7.38. The zero-order chi connectivity index (χ0) is 19.7. The van der Waals surface area contributed by atoms with Crippen molar-refractivity contribution < 1.29 is 18.0 Å². The molecule has 1 aromatic heterocycles. The molecule has 2 saturated heterocycles. The molecule has 3 heterocycles. The second-order valence-corrected chi connectivity index (χ2v) is 9.21. The molecule has 27 heavy (non-hydrogen) atoms. The van der Waals surface area contributed by atoms with E-state index >= 15 is 0 Å². The highest BCUT2D eigenvalue weighted by atomic mass is 32.2. The van der Waals surface area contributed by atoms with Gasteiger partial charge < -0.3 is 10.2 Å². The number of nitrogens with one attached hydrogen (secondary N) is 2. The fraction of sp³-hybridized carbons (Fsp3) is 0.706. The molecule has 0 aromatic carbocycles. The Morgan fingerprint density at radius 3 is 2.74 bits per heavy atom. The van der Waals surface area contributed by atoms with Gasteiger partial charge in [0, 0.05) is 31.0 Å². The maximum absolute atomic E-state index is 13.0. The molecule has 10 heteroatoms. The van der Waals surface area contributed by atoms with E-state index in [-0.39, 0.29) is 30.4 Å². The van der Waals surface area contributed by atoms with E-state index in [0.29, 0.717) is 25.9 Å². The number of rotatable bonds is 8. The van der Waals surface area contributed by atoms with E-state index in [0.717, 1.165) is 19.1 Å². The summed E-state index contributed by atoms with van der Waals surface area (Å²) < 4.78 is 26.6. The van der Waals surface area contributed by atoms with Crippen LogP contribution in [0.1, 0.15) is 32.6 Å². The normalized spacial score (nSPS) is 27.1. The molecule has 2 aliphatic rings. The molecule has 2 aliphatic heterocycles. The number of sulfonamides is 1. The highest BCUT2D eigenvalue weighted by Gasteiger charge is 2.59. The third-order valence-corrected chi connectivity index (χ3v) is 6.45. The number of hydrogen-bond donors (Lipinski definition) is 2. The van der Waals surface area contributed by atoms with Crippen LogP contribution >= 0.6 is 0 Å². The zero-order valence-corrected chi connectivity index (χ0v) is 16.5. The third-order valence-electron chi connectivity index (χ3n) is 5.78. The minimum Gasteiger partial charge on any atom is -0.354 e. The summed E-state index contributed by atoms with van der Waals surface area (Å²) in [7, 11) is -3.43. The Labute approximate surface area is 159 Å². The standard InChI is InChI=1S/C17H27N5O4S/c1-3-17(16(24)18-8-10-21-9-4-7-19-21)11-13-5-6-14(17)22(13)15(23)12-20-27(2,25)26/h4,7,9,13-14,20H,3,5-6,8,10-12H2,1-2H3,(H,18,24)/t13-,14+,17+/m1/s1. The van der Waals surface area contributed by atoms with Crippen LogP contribution in [0.5, 0.6) is 0 Å². The number of hydrogen-bond acceptors (Lipinski definition) is 5. The third kappa shape index (κ3) is 4.01. The average molecular weight is 398 g/mol. The van der Waals surface area contributed by atoms with Crippen LogP contribution < -0.4 is 10.0 Å². The van der Waals surface area contributed by atoms with Crippen LogP contribution in [0.4, 0.5) is 0 Å². The summed E-state index contributed by atoms with van der Waals surface area (Å²) in [5, 5.41) is 7.12. The minimum absolute atomic E-state index is 0.000626. The van der Waals surface area contributed by atoms with Crippen LogP contribution in [0.15, 0.2) is 18.5 Å². The van der Waals surface area contributed by atoms with Gasteiger partial charge in [0.25, 0.3) is 0 Å². The summed E-state index contributed by atoms with van der Waals surface area (Å²) in [6.45, 7) is 2.79. The molecule has 2 fully saturated rings. The van der Waals surface area contributed by atoms with Gasteiger partial charge in [-0.25, -0.2) is 13.1 Å². The number of aromatic nitrogens is 2. The molecule has 0 aliphatic carbocycles. The molecule has 3 rings (SSSR count). The monoisotopic (exact) mass is 397 g/mol. The molecule has 0 saturated carbocycles. The van der Waals surface area contributed by atoms with E-state index in [1.54, 1.807) is 15.8 Å². The summed E-state index contributed by atoms with van der Waals surface area (Å²) in [5.41, 5.74) is -0.603. The van der Waals surface area contributed by atoms with Crippen LogP contribution in [0, 0.1) is 5.41 Å². The van der Waals surface area contributed by atoms with Gasteiger partial charge in [0.05, 0.1) is 24.8 Å². The molecule has 3 atom stereocenters. The minimum atomic E-state index is -3.43. The van der Waals surface area contributed by atoms with Gasteiger partial charge in [-0.3, -0.25) is 14.3 Å². The number of fused-ring (bicyclic) bond motifs is 2. The van der Waals surface area contributed by atoms with Gasteiger partial charge >= 0.3 is 0 Å². The number of nitrogens with zero attached hydrogens (tertiary/aromatic N) is 3. The molecule has 2 N–H and O–H groups in total. The smallest absolute Gasteiger partial charge is 0.238 e. The van der Waals surface area contributed by atoms with Crippen molar-refractivity contribution in [1.29, 1.82) is 0 Å². The SMILES string of the molecule is CC[C@]1(C(=O)NCCn2cccn2)C[C@H]2CC[C@@H]1N2C(=O)CNS(C)(=O)=O. The van der Waals surface area contributed by atoms with Gasteiger partial charge in [-0.1, -0.05) is 6.92 Å². The van der Waals surface area contributed by atoms with E-state index < -0.39 is 15.4 Å². The topological polar surface area (TPSA) is 113 Å². The predicted octanol–water partition coefficient (Wildman–Crippen LogP) is -0.292. The molecule has 2 amide bonds. The van der Waals surface area contributed by atoms with E-state index in [1.807, 2.05) is 19.2 Å². The van der Waals surface area contributed by atoms with Crippen LogP contribution in [0.2, 0.25) is 0 Å². The van der Waals surface area contributed by atoms with E-state index in [1.165, 1.54) is 0 Å². The quantitative estimate of drug-likeness (QED) is 0.626. The first kappa shape index (κ1) is 19.8. The van der Waals surface area contributed by atoms with Crippen LogP contribution in [-0.4, -0.2) is 66.3 Å². The van der Waals surface area contributed by atoms with Gasteiger partial charge in [-0.2, -0.15) is 5.10 Å². The fourth-order valence-corrected chi connectivity index (χ4v) is 4.91.